The van der Waals surface area contributed by atoms with Gasteiger partial charge in [-0.2, -0.15) is 26.3 Å². The van der Waals surface area contributed by atoms with Gasteiger partial charge < -0.3 is 4.74 Å². The number of benzene rings is 3. The molecule has 0 aliphatic heterocycles. The zero-order valence-corrected chi connectivity index (χ0v) is 16.3. The molecule has 1 unspecified atom stereocenters. The molecule has 1 aromatic heterocycles. The van der Waals surface area contributed by atoms with Crippen LogP contribution in [0.3, 0.4) is 0 Å². The molecule has 0 aliphatic rings. The van der Waals surface area contributed by atoms with Crippen LogP contribution in [0.15, 0.2) is 72.8 Å². The number of thiophene rings is 1. The van der Waals surface area contributed by atoms with E-state index in [0.29, 0.717) is 5.39 Å². The van der Waals surface area contributed by atoms with E-state index >= 15 is 0 Å². The van der Waals surface area contributed by atoms with Gasteiger partial charge >= 0.3 is 18.3 Å². The first-order valence-corrected chi connectivity index (χ1v) is 10.2. The Morgan fingerprint density at radius 3 is 1.97 bits per heavy atom. The summed E-state index contributed by atoms with van der Waals surface area (Å²) in [4.78, 5) is 13.2. The van der Waals surface area contributed by atoms with Crippen LogP contribution in [-0.4, -0.2) is 24.4 Å². The van der Waals surface area contributed by atoms with Gasteiger partial charge in [0.25, 0.3) is 6.10 Å². The summed E-state index contributed by atoms with van der Waals surface area (Å²) >= 11 is 0. The van der Waals surface area contributed by atoms with Gasteiger partial charge in [0.05, 0.1) is 5.56 Å². The predicted molar refractivity (Wildman–Crippen MR) is 107 cm³/mol. The number of rotatable bonds is 3. The third-order valence-electron chi connectivity index (χ3n) is 4.63. The lowest BCUT2D eigenvalue weighted by molar-refractivity contribution is -0.307. The van der Waals surface area contributed by atoms with Crippen molar-refractivity contribution in [2.45, 2.75) is 18.5 Å². The van der Waals surface area contributed by atoms with Gasteiger partial charge in [0.15, 0.2) is 14.3 Å². The van der Waals surface area contributed by atoms with E-state index < -0.39 is 34.9 Å². The molecule has 0 saturated carbocycles. The number of halogens is 6. The number of carbonyl (C=O) groups excluding carboxylic acids is 1. The van der Waals surface area contributed by atoms with Crippen molar-refractivity contribution in [3.8, 4) is 4.90 Å². The number of ether oxygens (including phenoxy) is 1. The molecule has 2 nitrogen and oxygen atoms in total. The van der Waals surface area contributed by atoms with Crippen molar-refractivity contribution in [1.29, 1.82) is 0 Å². The maximum Gasteiger partial charge on any atom is 0.434 e. The summed E-state index contributed by atoms with van der Waals surface area (Å²) in [7, 11) is -0.513. The first-order valence-electron chi connectivity index (χ1n) is 8.94. The first kappa shape index (κ1) is 21.2. The van der Waals surface area contributed by atoms with Crippen LogP contribution in [-0.2, 0) is 4.74 Å². The minimum Gasteiger partial charge on any atom is -0.439 e. The Kier molecular flexibility index (Phi) is 5.17. The number of hydrogen-bond acceptors (Lipinski definition) is 2. The fraction of sp³-hybridized carbons (Fsp3) is 0.136. The fourth-order valence-electron chi connectivity index (χ4n) is 3.34. The molecule has 9 heteroatoms. The molecule has 0 amide bonds. The van der Waals surface area contributed by atoms with Gasteiger partial charge in [-0.3, -0.25) is 0 Å². The molecule has 1 heterocycles. The second-order valence-corrected chi connectivity index (χ2v) is 8.66. The second-order valence-electron chi connectivity index (χ2n) is 6.69. The van der Waals surface area contributed by atoms with Crippen LogP contribution in [0, 0.1) is 0 Å². The molecule has 0 fully saturated rings. The highest BCUT2D eigenvalue weighted by molar-refractivity contribution is 7.50. The summed E-state index contributed by atoms with van der Waals surface area (Å²) in [6.45, 7) is 0. The monoisotopic (exact) mass is 455 g/mol. The van der Waals surface area contributed by atoms with Gasteiger partial charge in [0.1, 0.15) is 0 Å². The van der Waals surface area contributed by atoms with Crippen LogP contribution < -0.4 is 0 Å². The van der Waals surface area contributed by atoms with Gasteiger partial charge in [0.2, 0.25) is 0 Å². The number of carbonyl (C=O) groups is 1. The Balaban J connectivity index is 1.82. The Hall–Kier alpha value is -3.07. The summed E-state index contributed by atoms with van der Waals surface area (Å²) < 4.78 is 82.1. The number of alkyl halides is 6. The SMILES string of the molecule is O=C(OC(C(F)(F)F)C(F)(F)F)c1ccc2c(c1)c1ccccc1[s+]2-c1ccccc1. The maximum absolute atomic E-state index is 12.8. The van der Waals surface area contributed by atoms with Crippen molar-refractivity contribution in [3.63, 3.8) is 0 Å². The molecule has 0 saturated heterocycles. The van der Waals surface area contributed by atoms with E-state index in [9.17, 15) is 31.1 Å². The van der Waals surface area contributed by atoms with E-state index in [2.05, 4.69) is 4.74 Å². The number of fused-ring (bicyclic) bond motifs is 3. The van der Waals surface area contributed by atoms with E-state index in [1.54, 1.807) is 18.2 Å². The van der Waals surface area contributed by atoms with E-state index in [1.165, 1.54) is 12.1 Å². The zero-order valence-electron chi connectivity index (χ0n) is 15.5. The van der Waals surface area contributed by atoms with E-state index in [4.69, 9.17) is 0 Å². The molecule has 0 bridgehead atoms. The maximum atomic E-state index is 12.8. The molecule has 31 heavy (non-hydrogen) atoms. The highest BCUT2D eigenvalue weighted by Gasteiger charge is 2.60. The lowest BCUT2D eigenvalue weighted by atomic mass is 10.1. The summed E-state index contributed by atoms with van der Waals surface area (Å²) in [5.41, 5.74) is -0.384. The minimum atomic E-state index is -5.77. The molecule has 0 N–H and O–H groups in total. The molecule has 4 aromatic rings. The second kappa shape index (κ2) is 7.56. The van der Waals surface area contributed by atoms with Crippen LogP contribution in [0.5, 0.6) is 0 Å². The summed E-state index contributed by atoms with van der Waals surface area (Å²) in [6, 6.07) is 20.9. The fourth-order valence-corrected chi connectivity index (χ4v) is 5.72. The smallest absolute Gasteiger partial charge is 0.434 e. The van der Waals surface area contributed by atoms with Crippen molar-refractivity contribution in [2.75, 3.05) is 0 Å². The van der Waals surface area contributed by atoms with Gasteiger partial charge in [-0.1, -0.05) is 30.3 Å². The number of hydrogen-bond donors (Lipinski definition) is 0. The predicted octanol–water partition coefficient (Wildman–Crippen LogP) is 7.38. The summed E-state index contributed by atoms with van der Waals surface area (Å²) in [6.07, 6.45) is -15.7. The van der Waals surface area contributed by atoms with Crippen molar-refractivity contribution < 1.29 is 35.9 Å². The lowest BCUT2D eigenvalue weighted by Gasteiger charge is -2.22. The number of esters is 1. The molecule has 0 spiro atoms. The highest BCUT2D eigenvalue weighted by atomic mass is 32.2. The van der Waals surface area contributed by atoms with Gasteiger partial charge in [-0.05, 0) is 42.5 Å². The Labute approximate surface area is 174 Å². The lowest BCUT2D eigenvalue weighted by Crippen LogP contribution is -2.45. The van der Waals surface area contributed by atoms with Crippen molar-refractivity contribution in [3.05, 3.63) is 78.4 Å². The Morgan fingerprint density at radius 2 is 1.32 bits per heavy atom. The molecule has 1 atom stereocenters. The van der Waals surface area contributed by atoms with E-state index in [0.717, 1.165) is 19.7 Å². The van der Waals surface area contributed by atoms with Crippen LogP contribution in [0.25, 0.3) is 25.1 Å². The van der Waals surface area contributed by atoms with E-state index in [1.807, 2.05) is 42.5 Å². The average molecular weight is 455 g/mol. The van der Waals surface area contributed by atoms with Crippen LogP contribution in [0.2, 0.25) is 0 Å². The van der Waals surface area contributed by atoms with Crippen LogP contribution >= 0.6 is 10.5 Å². The van der Waals surface area contributed by atoms with E-state index in [-0.39, 0.29) is 5.56 Å². The van der Waals surface area contributed by atoms with Crippen molar-refractivity contribution in [1.82, 2.24) is 0 Å². The summed E-state index contributed by atoms with van der Waals surface area (Å²) in [5.74, 6) is -1.69. The normalized spacial score (nSPS) is 13.2. The molecule has 3 aromatic carbocycles. The first-order chi connectivity index (χ1) is 14.6. The largest absolute Gasteiger partial charge is 0.439 e. The van der Waals surface area contributed by atoms with Gasteiger partial charge in [-0.25, -0.2) is 4.79 Å². The zero-order chi connectivity index (χ0) is 22.4. The standard InChI is InChI=1S/C22H13F6O2S/c23-21(24,25)20(22(26,27)28)30-19(29)13-10-11-18-16(12-13)15-8-4-5-9-17(15)31(18)14-6-2-1-3-7-14/h1-12,20H/q+1. The molecule has 4 rings (SSSR count). The Morgan fingerprint density at radius 1 is 0.742 bits per heavy atom. The third-order valence-corrected chi connectivity index (χ3v) is 6.97. The summed E-state index contributed by atoms with van der Waals surface area (Å²) in [5, 5.41) is 1.34. The molecular weight excluding hydrogens is 442 g/mol. The molecule has 0 radical (unpaired) electrons. The molecular formula is C22H13F6O2S+. The molecule has 0 aliphatic carbocycles. The van der Waals surface area contributed by atoms with Crippen molar-refractivity contribution >= 4 is 36.6 Å². The van der Waals surface area contributed by atoms with Crippen LogP contribution in [0.1, 0.15) is 10.4 Å². The highest BCUT2D eigenvalue weighted by Crippen LogP contribution is 2.48. The van der Waals surface area contributed by atoms with Gasteiger partial charge in [-0.15, -0.1) is 0 Å². The van der Waals surface area contributed by atoms with Gasteiger partial charge in [0, 0.05) is 21.2 Å². The third kappa shape index (κ3) is 3.97. The topological polar surface area (TPSA) is 26.3 Å². The van der Waals surface area contributed by atoms with Crippen LogP contribution in [0.4, 0.5) is 26.3 Å². The van der Waals surface area contributed by atoms with Crippen molar-refractivity contribution in [2.24, 2.45) is 0 Å². The Bertz CT molecular complexity index is 1240. The quantitative estimate of drug-likeness (QED) is 0.183. The molecule has 160 valence electrons. The minimum absolute atomic E-state index is 0.384. The average Bonchev–Trinajstić information content (AvgIpc) is 3.04.